The van der Waals surface area contributed by atoms with E-state index in [2.05, 4.69) is 193 Å². The quantitative estimate of drug-likeness (QED) is 0.185. The van der Waals surface area contributed by atoms with Crippen LogP contribution >= 0.6 is 0 Å². The number of hydrogen-bond donors (Lipinski definition) is 0. The average Bonchev–Trinajstić information content (AvgIpc) is 3.56. The lowest BCUT2D eigenvalue weighted by atomic mass is 9.96. The van der Waals surface area contributed by atoms with Gasteiger partial charge in [0.1, 0.15) is 11.2 Å². The van der Waals surface area contributed by atoms with Crippen LogP contribution in [0.15, 0.2) is 192 Å². The molecule has 2 nitrogen and oxygen atoms in total. The standard InChI is InChI=1S/C46H31NO/c1-3-13-32(14-4-1)35-16-11-17-36(31-35)33-25-28-38(29-26-33)47(37-18-5-2-6-19-37)43-23-10-9-21-40(43)41-22-12-24-44-45(41)42-30-27-34-15-7-8-20-39(34)46(42)48-44/h1-31H. The van der Waals surface area contributed by atoms with Gasteiger partial charge < -0.3 is 9.32 Å². The van der Waals surface area contributed by atoms with E-state index in [1.807, 2.05) is 0 Å². The van der Waals surface area contributed by atoms with Crippen LogP contribution in [0.25, 0.3) is 66.1 Å². The molecule has 0 atom stereocenters. The normalized spacial score (nSPS) is 11.3. The SMILES string of the molecule is c1ccc(-c2cccc(-c3ccc(N(c4ccccc4)c4ccccc4-c4cccc5oc6c7ccccc7ccc6c45)cc3)c2)cc1. The predicted octanol–water partition coefficient (Wildman–Crippen LogP) is 13.2. The third kappa shape index (κ3) is 4.83. The summed E-state index contributed by atoms with van der Waals surface area (Å²) in [6.45, 7) is 0. The van der Waals surface area contributed by atoms with Crippen LogP contribution in [-0.4, -0.2) is 0 Å². The Bertz CT molecular complexity index is 2550. The molecule has 226 valence electrons. The van der Waals surface area contributed by atoms with Crippen molar-refractivity contribution < 1.29 is 4.42 Å². The Morgan fingerprint density at radius 2 is 0.979 bits per heavy atom. The van der Waals surface area contributed by atoms with E-state index in [1.54, 1.807) is 0 Å². The van der Waals surface area contributed by atoms with Crippen LogP contribution < -0.4 is 4.90 Å². The van der Waals surface area contributed by atoms with Gasteiger partial charge in [0.05, 0.1) is 5.69 Å². The van der Waals surface area contributed by atoms with Gasteiger partial charge in [-0.15, -0.1) is 0 Å². The Morgan fingerprint density at radius 1 is 0.375 bits per heavy atom. The molecule has 0 amide bonds. The zero-order valence-corrected chi connectivity index (χ0v) is 26.3. The van der Waals surface area contributed by atoms with Crippen molar-refractivity contribution in [3.8, 4) is 33.4 Å². The van der Waals surface area contributed by atoms with Crippen LogP contribution in [0.1, 0.15) is 0 Å². The first kappa shape index (κ1) is 27.9. The summed E-state index contributed by atoms with van der Waals surface area (Å²) in [4.78, 5) is 2.36. The highest BCUT2D eigenvalue weighted by Gasteiger charge is 2.20. The number of nitrogens with zero attached hydrogens (tertiary/aromatic N) is 1. The van der Waals surface area contributed by atoms with E-state index in [4.69, 9.17) is 4.42 Å². The monoisotopic (exact) mass is 613 g/mol. The maximum atomic E-state index is 6.58. The molecule has 2 heteroatoms. The fourth-order valence-corrected chi connectivity index (χ4v) is 6.99. The van der Waals surface area contributed by atoms with Gasteiger partial charge >= 0.3 is 0 Å². The Labute approximate surface area is 279 Å². The Hall–Kier alpha value is -6.38. The van der Waals surface area contributed by atoms with Gasteiger partial charge in [-0.05, 0) is 81.7 Å². The lowest BCUT2D eigenvalue weighted by Crippen LogP contribution is -2.11. The molecular weight excluding hydrogens is 583 g/mol. The Kier molecular flexibility index (Phi) is 6.84. The van der Waals surface area contributed by atoms with Crippen molar-refractivity contribution in [3.63, 3.8) is 0 Å². The second-order valence-electron chi connectivity index (χ2n) is 12.1. The van der Waals surface area contributed by atoms with Gasteiger partial charge in [0.2, 0.25) is 0 Å². The number of benzene rings is 8. The lowest BCUT2D eigenvalue weighted by Gasteiger charge is -2.28. The van der Waals surface area contributed by atoms with Crippen molar-refractivity contribution in [1.29, 1.82) is 0 Å². The van der Waals surface area contributed by atoms with E-state index in [0.29, 0.717) is 0 Å². The van der Waals surface area contributed by atoms with E-state index < -0.39 is 0 Å². The number of furan rings is 1. The summed E-state index contributed by atoms with van der Waals surface area (Å²) in [5, 5.41) is 4.57. The van der Waals surface area contributed by atoms with Gasteiger partial charge in [-0.25, -0.2) is 0 Å². The molecular formula is C46H31NO. The number of hydrogen-bond acceptors (Lipinski definition) is 2. The Balaban J connectivity index is 1.18. The summed E-state index contributed by atoms with van der Waals surface area (Å²) < 4.78 is 6.58. The van der Waals surface area contributed by atoms with E-state index in [9.17, 15) is 0 Å². The van der Waals surface area contributed by atoms with Gasteiger partial charge in [0.15, 0.2) is 0 Å². The number of para-hydroxylation sites is 2. The summed E-state index contributed by atoms with van der Waals surface area (Å²) in [7, 11) is 0. The van der Waals surface area contributed by atoms with Gasteiger partial charge in [0, 0.05) is 33.1 Å². The number of rotatable bonds is 6. The van der Waals surface area contributed by atoms with Crippen LogP contribution in [0, 0.1) is 0 Å². The van der Waals surface area contributed by atoms with Crippen molar-refractivity contribution in [2.24, 2.45) is 0 Å². The minimum absolute atomic E-state index is 0.891. The molecule has 0 fully saturated rings. The van der Waals surface area contributed by atoms with E-state index in [0.717, 1.165) is 55.5 Å². The highest BCUT2D eigenvalue weighted by Crippen LogP contribution is 2.45. The molecule has 1 heterocycles. The molecule has 0 unspecified atom stereocenters. The highest BCUT2D eigenvalue weighted by molar-refractivity contribution is 6.19. The molecule has 0 aliphatic rings. The van der Waals surface area contributed by atoms with Gasteiger partial charge in [-0.1, -0.05) is 140 Å². The minimum Gasteiger partial charge on any atom is -0.455 e. The van der Waals surface area contributed by atoms with Crippen molar-refractivity contribution in [2.45, 2.75) is 0 Å². The van der Waals surface area contributed by atoms with Crippen LogP contribution in [0.3, 0.4) is 0 Å². The summed E-state index contributed by atoms with van der Waals surface area (Å²) in [6, 6.07) is 66.8. The highest BCUT2D eigenvalue weighted by atomic mass is 16.3. The summed E-state index contributed by atoms with van der Waals surface area (Å²) >= 11 is 0. The first-order valence-electron chi connectivity index (χ1n) is 16.4. The smallest absolute Gasteiger partial charge is 0.143 e. The summed E-state index contributed by atoms with van der Waals surface area (Å²) in [6.07, 6.45) is 0. The van der Waals surface area contributed by atoms with Crippen LogP contribution in [-0.2, 0) is 0 Å². The molecule has 0 spiro atoms. The Morgan fingerprint density at radius 3 is 1.79 bits per heavy atom. The van der Waals surface area contributed by atoms with Gasteiger partial charge in [-0.2, -0.15) is 0 Å². The molecule has 8 aromatic carbocycles. The predicted molar refractivity (Wildman–Crippen MR) is 202 cm³/mol. The third-order valence-corrected chi connectivity index (χ3v) is 9.27. The van der Waals surface area contributed by atoms with Crippen LogP contribution in [0.2, 0.25) is 0 Å². The molecule has 0 saturated carbocycles. The second kappa shape index (κ2) is 11.8. The van der Waals surface area contributed by atoms with E-state index in [-0.39, 0.29) is 0 Å². The fourth-order valence-electron chi connectivity index (χ4n) is 6.99. The molecule has 0 aliphatic heterocycles. The molecule has 9 aromatic rings. The number of anilines is 3. The summed E-state index contributed by atoms with van der Waals surface area (Å²) in [5.74, 6) is 0. The molecule has 48 heavy (non-hydrogen) atoms. The van der Waals surface area contributed by atoms with Crippen molar-refractivity contribution in [2.75, 3.05) is 4.90 Å². The summed E-state index contributed by atoms with van der Waals surface area (Å²) in [5.41, 5.74) is 12.2. The number of fused-ring (bicyclic) bond motifs is 5. The van der Waals surface area contributed by atoms with Crippen LogP contribution in [0.4, 0.5) is 17.1 Å². The molecule has 0 radical (unpaired) electrons. The maximum Gasteiger partial charge on any atom is 0.143 e. The maximum absolute atomic E-state index is 6.58. The van der Waals surface area contributed by atoms with Crippen molar-refractivity contribution >= 4 is 49.8 Å². The molecule has 1 aromatic heterocycles. The van der Waals surface area contributed by atoms with Crippen molar-refractivity contribution in [3.05, 3.63) is 188 Å². The van der Waals surface area contributed by atoms with Crippen molar-refractivity contribution in [1.82, 2.24) is 0 Å². The largest absolute Gasteiger partial charge is 0.455 e. The zero-order chi connectivity index (χ0) is 31.9. The molecule has 9 rings (SSSR count). The minimum atomic E-state index is 0.891. The van der Waals surface area contributed by atoms with E-state index >= 15 is 0 Å². The van der Waals surface area contributed by atoms with Gasteiger partial charge in [0.25, 0.3) is 0 Å². The molecule has 0 aliphatic carbocycles. The van der Waals surface area contributed by atoms with E-state index in [1.165, 1.54) is 27.6 Å². The zero-order valence-electron chi connectivity index (χ0n) is 26.3. The molecule has 0 saturated heterocycles. The lowest BCUT2D eigenvalue weighted by molar-refractivity contribution is 0.673. The third-order valence-electron chi connectivity index (χ3n) is 9.27. The van der Waals surface area contributed by atoms with Gasteiger partial charge in [-0.3, -0.25) is 0 Å². The topological polar surface area (TPSA) is 16.4 Å². The van der Waals surface area contributed by atoms with Crippen LogP contribution in [0.5, 0.6) is 0 Å². The fraction of sp³-hybridized carbons (Fsp3) is 0. The second-order valence-corrected chi connectivity index (χ2v) is 12.1. The molecule has 0 N–H and O–H groups in total. The first-order chi connectivity index (χ1) is 23.8. The first-order valence-corrected chi connectivity index (χ1v) is 16.4. The average molecular weight is 614 g/mol. The molecule has 0 bridgehead atoms.